The van der Waals surface area contributed by atoms with Gasteiger partial charge >= 0.3 is 0 Å². The number of benzene rings is 1. The van der Waals surface area contributed by atoms with Crippen LogP contribution in [-0.4, -0.2) is 49.3 Å². The molecule has 0 aliphatic carbocycles. The van der Waals surface area contributed by atoms with Gasteiger partial charge < -0.3 is 9.47 Å². The molecule has 0 amide bonds. The average Bonchev–Trinajstić information content (AvgIpc) is 2.49. The van der Waals surface area contributed by atoms with Crippen molar-refractivity contribution in [1.82, 2.24) is 9.88 Å². The third kappa shape index (κ3) is 3.34. The highest BCUT2D eigenvalue weighted by atomic mass is 16.5. The zero-order chi connectivity index (χ0) is 14.7. The van der Waals surface area contributed by atoms with Gasteiger partial charge in [0.2, 0.25) is 0 Å². The molecule has 0 saturated carbocycles. The van der Waals surface area contributed by atoms with Gasteiger partial charge in [0.25, 0.3) is 0 Å². The zero-order valence-electron chi connectivity index (χ0n) is 12.8. The van der Waals surface area contributed by atoms with Crippen LogP contribution in [0.25, 0.3) is 10.9 Å². The summed E-state index contributed by atoms with van der Waals surface area (Å²) in [5, 5.41) is 1.10. The van der Waals surface area contributed by atoms with Crippen LogP contribution in [0.1, 0.15) is 11.3 Å². The van der Waals surface area contributed by atoms with Crippen LogP contribution < -0.4 is 4.74 Å². The lowest BCUT2D eigenvalue weighted by molar-refractivity contribution is 0.0323. The van der Waals surface area contributed by atoms with Gasteiger partial charge in [0, 0.05) is 36.8 Å². The summed E-state index contributed by atoms with van der Waals surface area (Å²) < 4.78 is 11.4. The maximum absolute atomic E-state index is 6.04. The van der Waals surface area contributed by atoms with E-state index >= 15 is 0 Å². The predicted octanol–water partition coefficient (Wildman–Crippen LogP) is 2.56. The molecule has 0 atom stereocenters. The van der Waals surface area contributed by atoms with Crippen LogP contribution in [0.2, 0.25) is 0 Å². The van der Waals surface area contributed by atoms with Crippen molar-refractivity contribution >= 4 is 10.9 Å². The van der Waals surface area contributed by atoms with Crippen LogP contribution in [0.3, 0.4) is 0 Å². The number of hydrogen-bond donors (Lipinski definition) is 0. The second-order valence-electron chi connectivity index (χ2n) is 5.54. The van der Waals surface area contributed by atoms with E-state index in [0.29, 0.717) is 6.61 Å². The highest BCUT2D eigenvalue weighted by Crippen LogP contribution is 2.27. The molecule has 1 aliphatic heterocycles. The minimum Gasteiger partial charge on any atom is -0.491 e. The first-order chi connectivity index (χ1) is 10.2. The highest BCUT2D eigenvalue weighted by molar-refractivity contribution is 5.87. The second kappa shape index (κ2) is 6.41. The van der Waals surface area contributed by atoms with Crippen molar-refractivity contribution in [3.05, 3.63) is 35.5 Å². The SMILES string of the molecule is Cc1cc(OCCN2CCOCC2)c2cccc(C)c2n1. The fourth-order valence-electron chi connectivity index (χ4n) is 2.71. The molecule has 1 aromatic heterocycles. The van der Waals surface area contributed by atoms with Crippen molar-refractivity contribution in [2.75, 3.05) is 39.5 Å². The largest absolute Gasteiger partial charge is 0.491 e. The smallest absolute Gasteiger partial charge is 0.130 e. The Morgan fingerprint density at radius 2 is 2.05 bits per heavy atom. The van der Waals surface area contributed by atoms with Crippen molar-refractivity contribution in [1.29, 1.82) is 0 Å². The highest BCUT2D eigenvalue weighted by Gasteiger charge is 2.11. The summed E-state index contributed by atoms with van der Waals surface area (Å²) in [6.45, 7) is 9.40. The van der Waals surface area contributed by atoms with E-state index < -0.39 is 0 Å². The quantitative estimate of drug-likeness (QED) is 0.865. The minimum absolute atomic E-state index is 0.701. The summed E-state index contributed by atoms with van der Waals surface area (Å²) in [5.41, 5.74) is 3.23. The number of rotatable bonds is 4. The van der Waals surface area contributed by atoms with Gasteiger partial charge in [0.1, 0.15) is 12.4 Å². The van der Waals surface area contributed by atoms with Crippen LogP contribution in [0.15, 0.2) is 24.3 Å². The van der Waals surface area contributed by atoms with Gasteiger partial charge in [0.15, 0.2) is 0 Å². The summed E-state index contributed by atoms with van der Waals surface area (Å²) in [6.07, 6.45) is 0. The molecule has 0 N–H and O–H groups in total. The van der Waals surface area contributed by atoms with Crippen molar-refractivity contribution in [2.24, 2.45) is 0 Å². The Balaban J connectivity index is 1.72. The lowest BCUT2D eigenvalue weighted by Gasteiger charge is -2.26. The van der Waals surface area contributed by atoms with E-state index in [0.717, 1.165) is 55.2 Å². The standard InChI is InChI=1S/C17H22N2O2/c1-13-4-3-5-15-16(12-14(2)18-17(13)15)21-11-8-19-6-9-20-10-7-19/h3-5,12H,6-11H2,1-2H3. The number of para-hydroxylation sites is 1. The van der Waals surface area contributed by atoms with Gasteiger partial charge in [-0.1, -0.05) is 12.1 Å². The number of fused-ring (bicyclic) bond motifs is 1. The first kappa shape index (κ1) is 14.3. The molecule has 0 unspecified atom stereocenters. The molecular formula is C17H22N2O2. The second-order valence-corrected chi connectivity index (χ2v) is 5.54. The molecule has 0 radical (unpaired) electrons. The van der Waals surface area contributed by atoms with Gasteiger partial charge in [-0.3, -0.25) is 9.88 Å². The molecule has 1 fully saturated rings. The molecule has 1 aromatic carbocycles. The van der Waals surface area contributed by atoms with E-state index in [9.17, 15) is 0 Å². The molecule has 1 aliphatic rings. The third-order valence-corrected chi connectivity index (χ3v) is 3.90. The first-order valence-electron chi connectivity index (χ1n) is 7.54. The third-order valence-electron chi connectivity index (χ3n) is 3.90. The Hall–Kier alpha value is -1.65. The molecule has 2 aromatic rings. The number of aryl methyl sites for hydroxylation is 2. The van der Waals surface area contributed by atoms with Crippen LogP contribution in [0, 0.1) is 13.8 Å². The maximum atomic E-state index is 6.04. The van der Waals surface area contributed by atoms with Crippen LogP contribution in [-0.2, 0) is 4.74 Å². The monoisotopic (exact) mass is 286 g/mol. The fraction of sp³-hybridized carbons (Fsp3) is 0.471. The van der Waals surface area contributed by atoms with Crippen LogP contribution in [0.4, 0.5) is 0 Å². The number of nitrogens with zero attached hydrogens (tertiary/aromatic N) is 2. The normalized spacial score (nSPS) is 16.3. The Labute approximate surface area is 125 Å². The number of pyridine rings is 1. The summed E-state index contributed by atoms with van der Waals surface area (Å²) in [5.74, 6) is 0.939. The summed E-state index contributed by atoms with van der Waals surface area (Å²) in [6, 6.07) is 8.26. The molecule has 112 valence electrons. The number of hydrogen-bond acceptors (Lipinski definition) is 4. The number of aromatic nitrogens is 1. The van der Waals surface area contributed by atoms with E-state index in [1.54, 1.807) is 0 Å². The summed E-state index contributed by atoms with van der Waals surface area (Å²) >= 11 is 0. The van der Waals surface area contributed by atoms with Gasteiger partial charge in [-0.05, 0) is 25.5 Å². The van der Waals surface area contributed by atoms with Crippen molar-refractivity contribution in [2.45, 2.75) is 13.8 Å². The molecule has 0 spiro atoms. The van der Waals surface area contributed by atoms with E-state index in [1.807, 2.05) is 13.0 Å². The molecule has 2 heterocycles. The molecular weight excluding hydrogens is 264 g/mol. The summed E-state index contributed by atoms with van der Waals surface area (Å²) in [4.78, 5) is 7.01. The topological polar surface area (TPSA) is 34.6 Å². The molecule has 4 nitrogen and oxygen atoms in total. The van der Waals surface area contributed by atoms with E-state index in [1.165, 1.54) is 5.56 Å². The predicted molar refractivity (Wildman–Crippen MR) is 84.0 cm³/mol. The lowest BCUT2D eigenvalue weighted by atomic mass is 10.1. The van der Waals surface area contributed by atoms with Crippen LogP contribution in [0.5, 0.6) is 5.75 Å². The average molecular weight is 286 g/mol. The molecule has 1 saturated heterocycles. The Morgan fingerprint density at radius 1 is 1.24 bits per heavy atom. The van der Waals surface area contributed by atoms with Crippen LogP contribution >= 0.6 is 0 Å². The zero-order valence-corrected chi connectivity index (χ0v) is 12.8. The molecule has 3 rings (SSSR count). The Morgan fingerprint density at radius 3 is 2.86 bits per heavy atom. The van der Waals surface area contributed by atoms with Crippen molar-refractivity contribution in [3.8, 4) is 5.75 Å². The maximum Gasteiger partial charge on any atom is 0.130 e. The lowest BCUT2D eigenvalue weighted by Crippen LogP contribution is -2.38. The molecule has 21 heavy (non-hydrogen) atoms. The van der Waals surface area contributed by atoms with E-state index in [2.05, 4.69) is 35.0 Å². The van der Waals surface area contributed by atoms with E-state index in [4.69, 9.17) is 9.47 Å². The number of morpholine rings is 1. The first-order valence-corrected chi connectivity index (χ1v) is 7.54. The van der Waals surface area contributed by atoms with E-state index in [-0.39, 0.29) is 0 Å². The summed E-state index contributed by atoms with van der Waals surface area (Å²) in [7, 11) is 0. The van der Waals surface area contributed by atoms with Gasteiger partial charge in [-0.15, -0.1) is 0 Å². The van der Waals surface area contributed by atoms with Gasteiger partial charge in [0.05, 0.1) is 18.7 Å². The Bertz CT molecular complexity index is 621. The Kier molecular flexibility index (Phi) is 4.36. The minimum atomic E-state index is 0.701. The van der Waals surface area contributed by atoms with Crippen molar-refractivity contribution in [3.63, 3.8) is 0 Å². The molecule has 4 heteroatoms. The number of ether oxygens (including phenoxy) is 2. The molecule has 0 bridgehead atoms. The van der Waals surface area contributed by atoms with Gasteiger partial charge in [-0.25, -0.2) is 0 Å². The fourth-order valence-corrected chi connectivity index (χ4v) is 2.71. The van der Waals surface area contributed by atoms with Crippen molar-refractivity contribution < 1.29 is 9.47 Å². The van der Waals surface area contributed by atoms with Gasteiger partial charge in [-0.2, -0.15) is 0 Å².